The monoisotopic (exact) mass is 356 g/mol. The van der Waals surface area contributed by atoms with E-state index in [1.807, 2.05) is 0 Å². The van der Waals surface area contributed by atoms with Crippen LogP contribution in [0, 0.1) is 0 Å². The number of thioether (sulfide) groups is 1. The molecule has 4 nitrogen and oxygen atoms in total. The second-order valence-corrected chi connectivity index (χ2v) is 5.24. The van der Waals surface area contributed by atoms with Crippen LogP contribution in [-0.2, 0) is 9.53 Å². The standard InChI is InChI=1S/C10H11BrClFN2O2S/c1-17-6-3-7(16)15-10(18-2)14-4-5(13)8(11)9(6)12/h3-4,10,14H,1-2H3,(H,15,16). The van der Waals surface area contributed by atoms with Gasteiger partial charge in [0.25, 0.3) is 0 Å². The van der Waals surface area contributed by atoms with E-state index in [-0.39, 0.29) is 15.3 Å². The van der Waals surface area contributed by atoms with E-state index in [4.69, 9.17) is 16.3 Å². The number of rotatable bonds is 2. The van der Waals surface area contributed by atoms with E-state index >= 15 is 0 Å². The van der Waals surface area contributed by atoms with E-state index in [0.29, 0.717) is 0 Å². The first-order valence-corrected chi connectivity index (χ1v) is 7.22. The van der Waals surface area contributed by atoms with Crippen LogP contribution in [0.4, 0.5) is 4.39 Å². The summed E-state index contributed by atoms with van der Waals surface area (Å²) in [6.45, 7) is 0. The molecule has 0 aromatic rings. The Morgan fingerprint density at radius 3 is 2.83 bits per heavy atom. The molecule has 0 saturated carbocycles. The highest BCUT2D eigenvalue weighted by Crippen LogP contribution is 2.30. The Balaban J connectivity index is 3.22. The molecule has 0 bridgehead atoms. The molecular formula is C10H11BrClFN2O2S. The van der Waals surface area contributed by atoms with Crippen LogP contribution in [-0.4, -0.2) is 24.8 Å². The summed E-state index contributed by atoms with van der Waals surface area (Å²) in [5.74, 6) is -0.919. The van der Waals surface area contributed by atoms with Gasteiger partial charge in [-0.15, -0.1) is 11.8 Å². The van der Waals surface area contributed by atoms with Crippen molar-refractivity contribution in [2.45, 2.75) is 5.50 Å². The maximum Gasteiger partial charge on any atom is 0.250 e. The summed E-state index contributed by atoms with van der Waals surface area (Å²) in [6.07, 6.45) is 4.05. The topological polar surface area (TPSA) is 50.4 Å². The number of halogens is 3. The van der Waals surface area contributed by atoms with Crippen LogP contribution in [0.1, 0.15) is 0 Å². The smallest absolute Gasteiger partial charge is 0.250 e. The Hall–Kier alpha value is -0.660. The number of ether oxygens (including phenoxy) is 1. The van der Waals surface area contributed by atoms with Gasteiger partial charge in [0.05, 0.1) is 16.6 Å². The Morgan fingerprint density at radius 2 is 2.28 bits per heavy atom. The SMILES string of the molecule is COC1=CC(=O)NC(SC)NC=C(F)C(Br)=C1Cl. The number of allylic oxidation sites excluding steroid dienone is 3. The molecule has 1 aliphatic rings. The van der Waals surface area contributed by atoms with E-state index in [1.54, 1.807) is 6.26 Å². The van der Waals surface area contributed by atoms with Crippen LogP contribution in [0.3, 0.4) is 0 Å². The summed E-state index contributed by atoms with van der Waals surface area (Å²) in [6, 6.07) is 0. The van der Waals surface area contributed by atoms with Gasteiger partial charge in [-0.1, -0.05) is 11.6 Å². The fourth-order valence-electron chi connectivity index (χ4n) is 1.10. The van der Waals surface area contributed by atoms with Crippen molar-refractivity contribution in [1.82, 2.24) is 10.6 Å². The van der Waals surface area contributed by atoms with Crippen molar-refractivity contribution >= 4 is 45.2 Å². The number of carbonyl (C=O) groups excluding carboxylic acids is 1. The average Bonchev–Trinajstić information content (AvgIpc) is 2.37. The van der Waals surface area contributed by atoms with E-state index < -0.39 is 17.2 Å². The molecule has 1 rings (SSSR count). The van der Waals surface area contributed by atoms with Crippen molar-refractivity contribution in [3.8, 4) is 0 Å². The third-order valence-electron chi connectivity index (χ3n) is 1.97. The summed E-state index contributed by atoms with van der Waals surface area (Å²) in [4.78, 5) is 11.6. The first kappa shape index (κ1) is 15.4. The molecule has 0 saturated heterocycles. The van der Waals surface area contributed by atoms with Gasteiger partial charge in [-0.25, -0.2) is 4.39 Å². The molecule has 0 aromatic carbocycles. The van der Waals surface area contributed by atoms with Crippen LogP contribution in [0.2, 0.25) is 0 Å². The lowest BCUT2D eigenvalue weighted by molar-refractivity contribution is -0.116. The third-order valence-corrected chi connectivity index (χ3v) is 4.08. The quantitative estimate of drug-likeness (QED) is 0.797. The van der Waals surface area contributed by atoms with Gasteiger partial charge in [0, 0.05) is 12.3 Å². The van der Waals surface area contributed by atoms with Gasteiger partial charge in [-0.2, -0.15) is 0 Å². The maximum absolute atomic E-state index is 13.7. The van der Waals surface area contributed by atoms with E-state index in [9.17, 15) is 9.18 Å². The van der Waals surface area contributed by atoms with Crippen molar-refractivity contribution in [2.75, 3.05) is 13.4 Å². The zero-order valence-corrected chi connectivity index (χ0v) is 12.7. The predicted molar refractivity (Wildman–Crippen MR) is 74.7 cm³/mol. The normalized spacial score (nSPS) is 21.6. The van der Waals surface area contributed by atoms with E-state index in [0.717, 1.165) is 12.3 Å². The van der Waals surface area contributed by atoms with Crippen LogP contribution >= 0.6 is 39.3 Å². The van der Waals surface area contributed by atoms with Crippen molar-refractivity contribution in [3.05, 3.63) is 33.4 Å². The van der Waals surface area contributed by atoms with Crippen molar-refractivity contribution < 1.29 is 13.9 Å². The van der Waals surface area contributed by atoms with Gasteiger partial charge >= 0.3 is 0 Å². The van der Waals surface area contributed by atoms with Crippen LogP contribution in [0.5, 0.6) is 0 Å². The number of nitrogens with one attached hydrogen (secondary N) is 2. The number of amides is 1. The molecule has 1 amide bonds. The summed E-state index contributed by atoms with van der Waals surface area (Å²) in [5.41, 5.74) is -0.449. The second-order valence-electron chi connectivity index (χ2n) is 3.12. The fourth-order valence-corrected chi connectivity index (χ4v) is 2.07. The molecule has 100 valence electrons. The van der Waals surface area contributed by atoms with Gasteiger partial charge in [-0.05, 0) is 22.2 Å². The summed E-state index contributed by atoms with van der Waals surface area (Å²) < 4.78 is 18.7. The van der Waals surface area contributed by atoms with E-state index in [2.05, 4.69) is 26.6 Å². The minimum absolute atomic E-state index is 0.0133. The van der Waals surface area contributed by atoms with Gasteiger partial charge in [-0.3, -0.25) is 4.79 Å². The molecule has 0 aliphatic carbocycles. The van der Waals surface area contributed by atoms with E-state index in [1.165, 1.54) is 18.9 Å². The third kappa shape index (κ3) is 3.93. The Bertz CT molecular complexity index is 440. The molecule has 2 N–H and O–H groups in total. The molecule has 1 atom stereocenters. The van der Waals surface area contributed by atoms with Crippen molar-refractivity contribution in [3.63, 3.8) is 0 Å². The zero-order chi connectivity index (χ0) is 13.7. The molecular weight excluding hydrogens is 347 g/mol. The molecule has 0 spiro atoms. The molecule has 1 heterocycles. The Morgan fingerprint density at radius 1 is 1.61 bits per heavy atom. The van der Waals surface area contributed by atoms with Crippen LogP contribution in [0.25, 0.3) is 0 Å². The van der Waals surface area contributed by atoms with Gasteiger partial charge < -0.3 is 15.4 Å². The molecule has 18 heavy (non-hydrogen) atoms. The number of methoxy groups -OCH3 is 1. The first-order chi connectivity index (χ1) is 8.49. The number of hydrogen-bond donors (Lipinski definition) is 2. The highest BCUT2D eigenvalue weighted by Gasteiger charge is 2.17. The lowest BCUT2D eigenvalue weighted by atomic mass is 10.3. The molecule has 0 fully saturated rings. The van der Waals surface area contributed by atoms with Crippen molar-refractivity contribution in [1.29, 1.82) is 0 Å². The summed E-state index contributed by atoms with van der Waals surface area (Å²) in [7, 11) is 1.35. The van der Waals surface area contributed by atoms with Gasteiger partial charge in [0.1, 0.15) is 11.3 Å². The summed E-state index contributed by atoms with van der Waals surface area (Å²) >= 11 is 10.2. The minimum atomic E-state index is -0.599. The molecule has 1 unspecified atom stereocenters. The number of hydrogen-bond acceptors (Lipinski definition) is 4. The molecule has 8 heteroatoms. The average molecular weight is 358 g/mol. The maximum atomic E-state index is 13.7. The summed E-state index contributed by atoms with van der Waals surface area (Å²) in [5, 5.41) is 5.29. The lowest BCUT2D eigenvalue weighted by Gasteiger charge is -2.17. The Kier molecular flexibility index (Phi) is 6.04. The minimum Gasteiger partial charge on any atom is -0.495 e. The highest BCUT2D eigenvalue weighted by atomic mass is 79.9. The first-order valence-electron chi connectivity index (χ1n) is 4.76. The number of carbonyl (C=O) groups is 1. The molecule has 0 radical (unpaired) electrons. The Labute approximate surface area is 122 Å². The molecule has 1 aliphatic heterocycles. The van der Waals surface area contributed by atoms with Crippen molar-refractivity contribution in [2.24, 2.45) is 0 Å². The molecule has 0 aromatic heterocycles. The van der Waals surface area contributed by atoms with Gasteiger partial charge in [0.2, 0.25) is 5.91 Å². The van der Waals surface area contributed by atoms with Crippen LogP contribution < -0.4 is 10.6 Å². The lowest BCUT2D eigenvalue weighted by Crippen LogP contribution is -2.40. The van der Waals surface area contributed by atoms with Gasteiger partial charge in [0.15, 0.2) is 5.83 Å². The predicted octanol–water partition coefficient (Wildman–Crippen LogP) is 2.54. The largest absolute Gasteiger partial charge is 0.495 e. The zero-order valence-electron chi connectivity index (χ0n) is 9.59. The fraction of sp³-hybridized carbons (Fsp3) is 0.300. The second kappa shape index (κ2) is 7.06. The highest BCUT2D eigenvalue weighted by molar-refractivity contribution is 9.12. The van der Waals surface area contributed by atoms with Crippen LogP contribution in [0.15, 0.2) is 33.4 Å².